The average molecular weight is 610 g/mol. The van der Waals surface area contributed by atoms with Crippen molar-refractivity contribution in [3.8, 4) is 5.75 Å². The molecule has 1 aromatic heterocycles. The van der Waals surface area contributed by atoms with Crippen molar-refractivity contribution in [3.63, 3.8) is 0 Å². The maximum atomic E-state index is 13.2. The van der Waals surface area contributed by atoms with Crippen LogP contribution in [0.15, 0.2) is 54.7 Å². The molecule has 2 aromatic carbocycles. The molecular weight excluding hydrogens is 574 g/mol. The number of phenolic OH excluding ortho intramolecular Hbond substituents is 1. The first kappa shape index (κ1) is 33.1. The summed E-state index contributed by atoms with van der Waals surface area (Å²) in [6.07, 6.45) is 0.274. The van der Waals surface area contributed by atoms with Gasteiger partial charge >= 0.3 is 5.97 Å². The normalized spacial score (nSPS) is 13.7. The maximum absolute atomic E-state index is 13.2. The lowest BCUT2D eigenvalue weighted by molar-refractivity contribution is -0.142. The predicted molar refractivity (Wildman–Crippen MR) is 157 cm³/mol. The van der Waals surface area contributed by atoms with Crippen molar-refractivity contribution in [2.75, 3.05) is 0 Å². The maximum Gasteiger partial charge on any atom is 0.326 e. The number of carboxylic acids is 1. The highest BCUT2D eigenvalue weighted by atomic mass is 16.4. The van der Waals surface area contributed by atoms with Gasteiger partial charge in [-0.25, -0.2) is 4.79 Å². The fourth-order valence-corrected chi connectivity index (χ4v) is 4.49. The van der Waals surface area contributed by atoms with Gasteiger partial charge in [0.1, 0.15) is 23.9 Å². The smallest absolute Gasteiger partial charge is 0.326 e. The molecule has 0 saturated carbocycles. The number of amides is 5. The monoisotopic (exact) mass is 609 g/mol. The number of carbonyl (C=O) groups is 6. The summed E-state index contributed by atoms with van der Waals surface area (Å²) < 4.78 is 0. The molecule has 0 bridgehead atoms. The minimum atomic E-state index is -1.55. The van der Waals surface area contributed by atoms with Gasteiger partial charge in [0, 0.05) is 29.9 Å². The number of aliphatic carboxylic acids is 1. The second-order valence-corrected chi connectivity index (χ2v) is 10.2. The van der Waals surface area contributed by atoms with Crippen LogP contribution in [0.25, 0.3) is 10.9 Å². The van der Waals surface area contributed by atoms with Gasteiger partial charge in [-0.2, -0.15) is 0 Å². The summed E-state index contributed by atoms with van der Waals surface area (Å²) in [5.41, 5.74) is 18.5. The van der Waals surface area contributed by atoms with Crippen LogP contribution in [0.1, 0.15) is 30.4 Å². The fraction of sp³-hybridized carbons (Fsp3) is 0.310. The number of nitrogens with one attached hydrogen (secondary N) is 4. The number of phenols is 1. The topological polar surface area (TPSA) is 273 Å². The van der Waals surface area contributed by atoms with Gasteiger partial charge in [-0.3, -0.25) is 24.0 Å². The van der Waals surface area contributed by atoms with Crippen LogP contribution < -0.4 is 33.2 Å². The summed E-state index contributed by atoms with van der Waals surface area (Å²) in [5.74, 6) is -5.78. The third-order valence-corrected chi connectivity index (χ3v) is 6.79. The van der Waals surface area contributed by atoms with Crippen LogP contribution in [0.3, 0.4) is 0 Å². The van der Waals surface area contributed by atoms with Crippen LogP contribution in [-0.2, 0) is 41.6 Å². The van der Waals surface area contributed by atoms with Gasteiger partial charge < -0.3 is 48.3 Å². The van der Waals surface area contributed by atoms with Crippen LogP contribution in [-0.4, -0.2) is 74.9 Å². The molecule has 0 saturated heterocycles. The van der Waals surface area contributed by atoms with Gasteiger partial charge in [-0.15, -0.1) is 0 Å². The quantitative estimate of drug-likeness (QED) is 0.0929. The summed E-state index contributed by atoms with van der Waals surface area (Å²) in [5, 5.41) is 27.1. The highest BCUT2D eigenvalue weighted by molar-refractivity contribution is 5.96. The Morgan fingerprint density at radius 2 is 1.39 bits per heavy atom. The SMILES string of the molecule is NC(=O)CCC(NC(=O)C(CC(N)=O)NC(=O)C(N)Cc1ccc(O)cc1)C(=O)NC(Cc1c[nH]c2ccccc12)C(=O)O. The first-order valence-corrected chi connectivity index (χ1v) is 13.6. The zero-order valence-electron chi connectivity index (χ0n) is 23.6. The van der Waals surface area contributed by atoms with Crippen molar-refractivity contribution in [1.82, 2.24) is 20.9 Å². The van der Waals surface area contributed by atoms with E-state index in [1.54, 1.807) is 30.5 Å². The number of carbonyl (C=O) groups excluding carboxylic acids is 5. The third-order valence-electron chi connectivity index (χ3n) is 6.79. The van der Waals surface area contributed by atoms with E-state index in [0.29, 0.717) is 11.1 Å². The van der Waals surface area contributed by atoms with Crippen molar-refractivity contribution in [1.29, 1.82) is 0 Å². The third kappa shape index (κ3) is 9.55. The molecule has 0 radical (unpaired) electrons. The lowest BCUT2D eigenvalue weighted by Gasteiger charge is -2.24. The molecule has 0 spiro atoms. The highest BCUT2D eigenvalue weighted by Gasteiger charge is 2.31. The summed E-state index contributed by atoms with van der Waals surface area (Å²) in [6.45, 7) is 0. The lowest BCUT2D eigenvalue weighted by Crippen LogP contribution is -2.58. The number of aromatic hydroxyl groups is 1. The molecule has 12 N–H and O–H groups in total. The number of para-hydroxylation sites is 1. The van der Waals surface area contributed by atoms with E-state index in [1.807, 2.05) is 12.1 Å². The van der Waals surface area contributed by atoms with Crippen molar-refractivity contribution in [3.05, 3.63) is 65.9 Å². The van der Waals surface area contributed by atoms with Gasteiger partial charge in [0.2, 0.25) is 29.5 Å². The first-order chi connectivity index (χ1) is 20.8. The molecule has 1 heterocycles. The molecule has 15 nitrogen and oxygen atoms in total. The van der Waals surface area contributed by atoms with Crippen LogP contribution in [0.2, 0.25) is 0 Å². The van der Waals surface area contributed by atoms with Gasteiger partial charge in [-0.05, 0) is 42.2 Å². The van der Waals surface area contributed by atoms with Gasteiger partial charge in [0.25, 0.3) is 0 Å². The molecule has 44 heavy (non-hydrogen) atoms. The van der Waals surface area contributed by atoms with Crippen LogP contribution in [0, 0.1) is 0 Å². The van der Waals surface area contributed by atoms with Gasteiger partial charge in [0.05, 0.1) is 12.5 Å². The highest BCUT2D eigenvalue weighted by Crippen LogP contribution is 2.19. The largest absolute Gasteiger partial charge is 0.508 e. The number of hydrogen-bond acceptors (Lipinski definition) is 8. The zero-order valence-corrected chi connectivity index (χ0v) is 23.6. The molecule has 4 unspecified atom stereocenters. The van der Waals surface area contributed by atoms with Crippen molar-refractivity contribution < 1.29 is 39.0 Å². The summed E-state index contributed by atoms with van der Waals surface area (Å²) >= 11 is 0. The molecular formula is C29H35N7O8. The number of benzene rings is 2. The van der Waals surface area contributed by atoms with Crippen molar-refractivity contribution in [2.45, 2.75) is 56.3 Å². The van der Waals surface area contributed by atoms with E-state index in [-0.39, 0.29) is 31.4 Å². The molecule has 5 amide bonds. The molecule has 4 atom stereocenters. The molecule has 3 rings (SSSR count). The number of fused-ring (bicyclic) bond motifs is 1. The molecule has 15 heteroatoms. The van der Waals surface area contributed by atoms with E-state index in [2.05, 4.69) is 20.9 Å². The van der Waals surface area contributed by atoms with E-state index in [0.717, 1.165) is 10.9 Å². The van der Waals surface area contributed by atoms with Crippen LogP contribution in [0.5, 0.6) is 5.75 Å². The van der Waals surface area contributed by atoms with E-state index < -0.39 is 66.1 Å². The molecule has 234 valence electrons. The zero-order chi connectivity index (χ0) is 32.4. The summed E-state index contributed by atoms with van der Waals surface area (Å²) in [4.78, 5) is 77.5. The molecule has 0 aliphatic carbocycles. The van der Waals surface area contributed by atoms with Crippen LogP contribution in [0.4, 0.5) is 0 Å². The molecule has 0 aliphatic heterocycles. The lowest BCUT2D eigenvalue weighted by atomic mass is 10.0. The van der Waals surface area contributed by atoms with E-state index in [1.165, 1.54) is 12.1 Å². The number of H-pyrrole nitrogens is 1. The Balaban J connectivity index is 1.73. The Labute approximate surface area is 251 Å². The molecule has 3 aromatic rings. The van der Waals surface area contributed by atoms with E-state index in [9.17, 15) is 39.0 Å². The van der Waals surface area contributed by atoms with E-state index >= 15 is 0 Å². The fourth-order valence-electron chi connectivity index (χ4n) is 4.49. The second-order valence-electron chi connectivity index (χ2n) is 10.2. The number of rotatable bonds is 16. The Hall–Kier alpha value is -5.44. The number of carboxylic acid groups (broad SMARTS) is 1. The average Bonchev–Trinajstić information content (AvgIpc) is 3.37. The first-order valence-electron chi connectivity index (χ1n) is 13.6. The number of nitrogens with two attached hydrogens (primary N) is 3. The Bertz CT molecular complexity index is 1520. The summed E-state index contributed by atoms with van der Waals surface area (Å²) in [6, 6.07) is 7.56. The van der Waals surface area contributed by atoms with Crippen molar-refractivity contribution in [2.24, 2.45) is 17.2 Å². The van der Waals surface area contributed by atoms with Crippen molar-refractivity contribution >= 4 is 46.4 Å². The minimum absolute atomic E-state index is 0.0209. The Morgan fingerprint density at radius 3 is 2.02 bits per heavy atom. The molecule has 0 fully saturated rings. The second kappa shape index (κ2) is 15.2. The Kier molecular flexibility index (Phi) is 11.4. The minimum Gasteiger partial charge on any atom is -0.508 e. The van der Waals surface area contributed by atoms with E-state index in [4.69, 9.17) is 17.2 Å². The Morgan fingerprint density at radius 1 is 0.773 bits per heavy atom. The van der Waals surface area contributed by atoms with Gasteiger partial charge in [0.15, 0.2) is 0 Å². The predicted octanol–water partition coefficient (Wildman–Crippen LogP) is -1.33. The number of hydrogen-bond donors (Lipinski definition) is 9. The number of aromatic nitrogens is 1. The van der Waals surface area contributed by atoms with Gasteiger partial charge in [-0.1, -0.05) is 30.3 Å². The van der Waals surface area contributed by atoms with Crippen LogP contribution >= 0.6 is 0 Å². The summed E-state index contributed by atoms with van der Waals surface area (Å²) in [7, 11) is 0. The standard InChI is InChI=1S/C29H35N7O8/c30-19(11-15-5-7-17(37)8-6-15)26(40)35-22(13-25(32)39)28(42)34-21(9-10-24(31)38)27(41)36-23(29(43)44)12-16-14-33-20-4-2-1-3-18(16)20/h1-8,14,19,21-23,33,37H,9-13,30H2,(H2,31,38)(H2,32,39)(H,34,42)(H,35,40)(H,36,41)(H,43,44). The molecule has 0 aliphatic rings. The number of aromatic amines is 1. The number of primary amides is 2.